The van der Waals surface area contributed by atoms with Gasteiger partial charge in [0.2, 0.25) is 0 Å². The number of hydrogen-bond acceptors (Lipinski definition) is 3. The van der Waals surface area contributed by atoms with Crippen LogP contribution in [0.5, 0.6) is 5.75 Å². The van der Waals surface area contributed by atoms with Crippen molar-refractivity contribution in [3.05, 3.63) is 64.9 Å². The van der Waals surface area contributed by atoms with E-state index in [1.54, 1.807) is 7.11 Å². The van der Waals surface area contributed by atoms with Gasteiger partial charge in [-0.2, -0.15) is 5.10 Å². The number of fused-ring (bicyclic) bond motifs is 1. The second-order valence-corrected chi connectivity index (χ2v) is 5.33. The number of ether oxygens (including phenoxy) is 1. The molecule has 0 aliphatic heterocycles. The lowest BCUT2D eigenvalue weighted by Gasteiger charge is -2.14. The summed E-state index contributed by atoms with van der Waals surface area (Å²) in [6.07, 6.45) is 4.36. The van der Waals surface area contributed by atoms with E-state index in [1.165, 1.54) is 0 Å². The van der Waals surface area contributed by atoms with Gasteiger partial charge in [-0.1, -0.05) is 17.7 Å². The van der Waals surface area contributed by atoms with Crippen LogP contribution in [-0.4, -0.2) is 16.7 Å². The molecule has 0 saturated carbocycles. The van der Waals surface area contributed by atoms with Crippen LogP contribution in [0.25, 0.3) is 5.52 Å². The molecule has 1 atom stereocenters. The summed E-state index contributed by atoms with van der Waals surface area (Å²) in [6.45, 7) is 0. The summed E-state index contributed by atoms with van der Waals surface area (Å²) in [5, 5.41) is 5.00. The second kappa shape index (κ2) is 5.76. The molecule has 5 heteroatoms. The molecule has 0 bridgehead atoms. The van der Waals surface area contributed by atoms with Gasteiger partial charge < -0.3 is 10.5 Å². The number of rotatable bonds is 4. The van der Waals surface area contributed by atoms with Crippen molar-refractivity contribution in [3.8, 4) is 5.75 Å². The predicted molar refractivity (Wildman–Crippen MR) is 83.8 cm³/mol. The Balaban J connectivity index is 1.93. The van der Waals surface area contributed by atoms with Crippen LogP contribution in [0.4, 0.5) is 0 Å². The maximum Gasteiger partial charge on any atom is 0.122 e. The minimum atomic E-state index is -0.169. The Morgan fingerprint density at radius 1 is 1.33 bits per heavy atom. The summed E-state index contributed by atoms with van der Waals surface area (Å²) < 4.78 is 7.19. The zero-order valence-corrected chi connectivity index (χ0v) is 12.4. The predicted octanol–water partition coefficient (Wildman–Crippen LogP) is 3.24. The lowest BCUT2D eigenvalue weighted by atomic mass is 10.00. The van der Waals surface area contributed by atoms with E-state index in [0.29, 0.717) is 11.4 Å². The first-order valence-corrected chi connectivity index (χ1v) is 7.07. The monoisotopic (exact) mass is 301 g/mol. The number of nitrogens with zero attached hydrogens (tertiary/aromatic N) is 2. The largest absolute Gasteiger partial charge is 0.496 e. The maximum atomic E-state index is 6.36. The Labute approximate surface area is 128 Å². The van der Waals surface area contributed by atoms with Gasteiger partial charge in [0.25, 0.3) is 0 Å². The number of hydrogen-bond donors (Lipinski definition) is 1. The van der Waals surface area contributed by atoms with Gasteiger partial charge in [0.1, 0.15) is 5.75 Å². The van der Waals surface area contributed by atoms with Crippen LogP contribution >= 0.6 is 11.6 Å². The van der Waals surface area contributed by atoms with Crippen LogP contribution < -0.4 is 10.5 Å². The van der Waals surface area contributed by atoms with Crippen LogP contribution in [0.1, 0.15) is 17.2 Å². The summed E-state index contributed by atoms with van der Waals surface area (Å²) >= 11 is 6.06. The van der Waals surface area contributed by atoms with Crippen LogP contribution in [-0.2, 0) is 6.42 Å². The van der Waals surface area contributed by atoms with Gasteiger partial charge in [-0.25, -0.2) is 4.52 Å². The number of halogens is 1. The molecule has 0 fully saturated rings. The summed E-state index contributed by atoms with van der Waals surface area (Å²) in [5.74, 6) is 0.798. The molecule has 1 aromatic carbocycles. The zero-order valence-electron chi connectivity index (χ0n) is 11.7. The lowest BCUT2D eigenvalue weighted by Crippen LogP contribution is -2.13. The molecule has 2 N–H and O–H groups in total. The summed E-state index contributed by atoms with van der Waals surface area (Å²) in [7, 11) is 1.65. The van der Waals surface area contributed by atoms with E-state index in [1.807, 2.05) is 53.3 Å². The summed E-state index contributed by atoms with van der Waals surface area (Å²) in [5.41, 5.74) is 9.38. The molecular weight excluding hydrogens is 286 g/mol. The molecule has 0 saturated heterocycles. The third-order valence-corrected chi connectivity index (χ3v) is 3.77. The number of aromatic nitrogens is 2. The third kappa shape index (κ3) is 2.73. The fourth-order valence-corrected chi connectivity index (χ4v) is 2.69. The molecule has 3 aromatic rings. The second-order valence-electron chi connectivity index (χ2n) is 4.90. The Bertz CT molecular complexity index is 769. The first-order chi connectivity index (χ1) is 10.2. The Kier molecular flexibility index (Phi) is 3.82. The van der Waals surface area contributed by atoms with Crippen LogP contribution in [0.15, 0.2) is 48.8 Å². The lowest BCUT2D eigenvalue weighted by molar-refractivity contribution is 0.408. The quantitative estimate of drug-likeness (QED) is 0.805. The number of nitrogens with two attached hydrogens (primary N) is 1. The Hall–Kier alpha value is -2.04. The maximum absolute atomic E-state index is 6.36. The highest BCUT2D eigenvalue weighted by Gasteiger charge is 2.15. The van der Waals surface area contributed by atoms with E-state index >= 15 is 0 Å². The molecule has 2 aromatic heterocycles. The van der Waals surface area contributed by atoms with Crippen molar-refractivity contribution in [1.29, 1.82) is 0 Å². The van der Waals surface area contributed by atoms with Crippen LogP contribution in [0, 0.1) is 0 Å². The van der Waals surface area contributed by atoms with Crippen molar-refractivity contribution in [2.24, 2.45) is 5.73 Å². The fraction of sp³-hybridized carbons (Fsp3) is 0.188. The molecule has 0 radical (unpaired) electrons. The standard InChI is InChI=1S/C16H16ClN3O/c1-21-16-6-5-12(17)8-11(16)9-14(18)13-10-19-20-7-3-2-4-15(13)20/h2-8,10,14H,9,18H2,1H3. The molecule has 21 heavy (non-hydrogen) atoms. The van der Waals surface area contributed by atoms with E-state index in [0.717, 1.165) is 22.4 Å². The van der Waals surface area contributed by atoms with Gasteiger partial charge in [-0.15, -0.1) is 0 Å². The van der Waals surface area contributed by atoms with Gasteiger partial charge in [0.15, 0.2) is 0 Å². The molecule has 2 heterocycles. The number of methoxy groups -OCH3 is 1. The normalized spacial score (nSPS) is 12.5. The van der Waals surface area contributed by atoms with E-state index < -0.39 is 0 Å². The third-order valence-electron chi connectivity index (χ3n) is 3.54. The zero-order chi connectivity index (χ0) is 14.8. The molecule has 0 aliphatic rings. The summed E-state index contributed by atoms with van der Waals surface area (Å²) in [4.78, 5) is 0. The number of pyridine rings is 1. The van der Waals surface area contributed by atoms with E-state index in [-0.39, 0.29) is 6.04 Å². The molecule has 0 aliphatic carbocycles. The minimum Gasteiger partial charge on any atom is -0.496 e. The van der Waals surface area contributed by atoms with Crippen molar-refractivity contribution in [2.75, 3.05) is 7.11 Å². The van der Waals surface area contributed by atoms with Crippen molar-refractivity contribution < 1.29 is 4.74 Å². The Morgan fingerprint density at radius 2 is 2.19 bits per heavy atom. The van der Waals surface area contributed by atoms with Crippen molar-refractivity contribution in [2.45, 2.75) is 12.5 Å². The van der Waals surface area contributed by atoms with Gasteiger partial charge in [-0.3, -0.25) is 0 Å². The molecule has 4 nitrogen and oxygen atoms in total. The highest BCUT2D eigenvalue weighted by Crippen LogP contribution is 2.28. The SMILES string of the molecule is COc1ccc(Cl)cc1CC(N)c1cnn2ccccc12. The first kappa shape index (κ1) is 13.9. The van der Waals surface area contributed by atoms with Crippen molar-refractivity contribution >= 4 is 17.1 Å². The topological polar surface area (TPSA) is 52.5 Å². The first-order valence-electron chi connectivity index (χ1n) is 6.69. The van der Waals surface area contributed by atoms with Gasteiger partial charge in [-0.05, 0) is 42.3 Å². The smallest absolute Gasteiger partial charge is 0.122 e. The average Bonchev–Trinajstić information content (AvgIpc) is 2.91. The molecule has 1 unspecified atom stereocenters. The molecule has 0 spiro atoms. The number of benzene rings is 1. The Morgan fingerprint density at radius 3 is 3.00 bits per heavy atom. The minimum absolute atomic E-state index is 0.169. The van der Waals surface area contributed by atoms with Gasteiger partial charge in [0, 0.05) is 22.8 Å². The molecule has 108 valence electrons. The summed E-state index contributed by atoms with van der Waals surface area (Å²) in [6, 6.07) is 11.3. The molecular formula is C16H16ClN3O. The van der Waals surface area contributed by atoms with Gasteiger partial charge >= 0.3 is 0 Å². The van der Waals surface area contributed by atoms with E-state index in [4.69, 9.17) is 22.1 Å². The van der Waals surface area contributed by atoms with Crippen molar-refractivity contribution in [1.82, 2.24) is 9.61 Å². The van der Waals surface area contributed by atoms with E-state index in [9.17, 15) is 0 Å². The van der Waals surface area contributed by atoms with Crippen LogP contribution in [0.3, 0.4) is 0 Å². The molecule has 3 rings (SSSR count). The highest BCUT2D eigenvalue weighted by atomic mass is 35.5. The molecule has 0 amide bonds. The fourth-order valence-electron chi connectivity index (χ4n) is 2.49. The highest BCUT2D eigenvalue weighted by molar-refractivity contribution is 6.30. The average molecular weight is 302 g/mol. The van der Waals surface area contributed by atoms with Crippen LogP contribution in [0.2, 0.25) is 5.02 Å². The van der Waals surface area contributed by atoms with Gasteiger partial charge in [0.05, 0.1) is 18.8 Å². The van der Waals surface area contributed by atoms with E-state index in [2.05, 4.69) is 5.10 Å². The van der Waals surface area contributed by atoms with Crippen molar-refractivity contribution in [3.63, 3.8) is 0 Å².